The minimum Gasteiger partial charge on any atom is -0.353 e. The zero-order valence-electron chi connectivity index (χ0n) is 19.3. The summed E-state index contributed by atoms with van der Waals surface area (Å²) in [6.45, 7) is 7.60. The van der Waals surface area contributed by atoms with Gasteiger partial charge in [-0.25, -0.2) is 14.6 Å². The Hall–Kier alpha value is -4.08. The van der Waals surface area contributed by atoms with E-state index in [0.717, 1.165) is 22.1 Å². The third-order valence-corrected chi connectivity index (χ3v) is 6.35. The zero-order valence-corrected chi connectivity index (χ0v) is 19.3. The van der Waals surface area contributed by atoms with E-state index < -0.39 is 17.9 Å². The van der Waals surface area contributed by atoms with E-state index in [4.69, 9.17) is 0 Å². The zero-order chi connectivity index (χ0) is 24.0. The van der Waals surface area contributed by atoms with Crippen molar-refractivity contribution in [3.63, 3.8) is 0 Å². The number of carbonyl (C=O) groups excluding carboxylic acids is 3. The number of piperazine rings is 1. The van der Waals surface area contributed by atoms with Gasteiger partial charge >= 0.3 is 0 Å². The topological polar surface area (TPSA) is 105 Å². The van der Waals surface area contributed by atoms with Gasteiger partial charge in [0.05, 0.1) is 16.8 Å². The summed E-state index contributed by atoms with van der Waals surface area (Å²) in [6.07, 6.45) is 1.52. The highest BCUT2D eigenvalue weighted by molar-refractivity contribution is 6.22. The molecule has 3 amide bonds. The lowest BCUT2D eigenvalue weighted by atomic mass is 10.1. The van der Waals surface area contributed by atoms with Gasteiger partial charge in [-0.2, -0.15) is 5.10 Å². The number of amides is 3. The van der Waals surface area contributed by atoms with E-state index in [1.807, 2.05) is 26.0 Å². The molecule has 1 aromatic carbocycles. The van der Waals surface area contributed by atoms with Crippen molar-refractivity contribution in [2.75, 3.05) is 31.1 Å². The molecule has 0 saturated carbocycles. The molecule has 1 atom stereocenters. The number of hydrogen-bond donors (Lipinski definition) is 0. The van der Waals surface area contributed by atoms with Crippen molar-refractivity contribution >= 4 is 23.5 Å². The summed E-state index contributed by atoms with van der Waals surface area (Å²) in [5.41, 5.74) is 2.59. The van der Waals surface area contributed by atoms with Gasteiger partial charge in [-0.05, 0) is 39.0 Å². The predicted octanol–water partition coefficient (Wildman–Crippen LogP) is 1.61. The average molecular weight is 460 g/mol. The first-order valence-electron chi connectivity index (χ1n) is 11.2. The number of aromatic nitrogens is 4. The molecule has 34 heavy (non-hydrogen) atoms. The fraction of sp³-hybridized carbons (Fsp3) is 0.333. The standard InChI is InChI=1S/C24H25N7O3/c1-15-12-16(2)31(27-15)21-13-20(25-14-26-21)28-8-10-29(11-9-28)22(32)17(3)30-23(33)18-6-4-5-7-19(18)24(30)34/h4-7,12-14,17H,8-11H2,1-3H3. The summed E-state index contributed by atoms with van der Waals surface area (Å²) in [5.74, 6) is 0.377. The molecule has 2 aromatic heterocycles. The fourth-order valence-electron chi connectivity index (χ4n) is 4.58. The highest BCUT2D eigenvalue weighted by Crippen LogP contribution is 2.25. The summed E-state index contributed by atoms with van der Waals surface area (Å²) < 4.78 is 1.78. The van der Waals surface area contributed by atoms with E-state index in [2.05, 4.69) is 20.0 Å². The normalized spacial score (nSPS) is 16.7. The lowest BCUT2D eigenvalue weighted by Crippen LogP contribution is -2.55. The molecule has 1 saturated heterocycles. The Labute approximate surface area is 196 Å². The number of nitrogens with zero attached hydrogens (tertiary/aromatic N) is 7. The van der Waals surface area contributed by atoms with E-state index in [0.29, 0.717) is 43.1 Å². The van der Waals surface area contributed by atoms with E-state index in [-0.39, 0.29) is 5.91 Å². The Kier molecular flexibility index (Phi) is 5.35. The monoisotopic (exact) mass is 459 g/mol. The molecule has 2 aliphatic rings. The van der Waals surface area contributed by atoms with Crippen molar-refractivity contribution in [3.05, 3.63) is 65.2 Å². The van der Waals surface area contributed by atoms with Gasteiger partial charge in [-0.3, -0.25) is 19.3 Å². The van der Waals surface area contributed by atoms with Crippen LogP contribution in [0.25, 0.3) is 5.82 Å². The number of benzene rings is 1. The van der Waals surface area contributed by atoms with E-state index in [1.165, 1.54) is 6.33 Å². The van der Waals surface area contributed by atoms with Crippen molar-refractivity contribution < 1.29 is 14.4 Å². The van der Waals surface area contributed by atoms with Gasteiger partial charge in [-0.1, -0.05) is 12.1 Å². The average Bonchev–Trinajstić information content (AvgIpc) is 3.33. The molecule has 5 rings (SSSR count). The molecule has 1 unspecified atom stereocenters. The lowest BCUT2D eigenvalue weighted by Gasteiger charge is -2.37. The molecule has 0 bridgehead atoms. The lowest BCUT2D eigenvalue weighted by molar-refractivity contribution is -0.135. The van der Waals surface area contributed by atoms with Crippen LogP contribution in [-0.4, -0.2) is 79.5 Å². The summed E-state index contributed by atoms with van der Waals surface area (Å²) in [7, 11) is 0. The largest absolute Gasteiger partial charge is 0.353 e. The molecule has 174 valence electrons. The van der Waals surface area contributed by atoms with Crippen LogP contribution in [0.1, 0.15) is 39.0 Å². The van der Waals surface area contributed by atoms with E-state index in [9.17, 15) is 14.4 Å². The SMILES string of the molecule is Cc1cc(C)n(-c2cc(N3CCN(C(=O)C(C)N4C(=O)c5ccccc5C4=O)CC3)ncn2)n1. The number of anilines is 1. The third-order valence-electron chi connectivity index (χ3n) is 6.35. The van der Waals surface area contributed by atoms with Crippen LogP contribution < -0.4 is 4.90 Å². The Bertz CT molecular complexity index is 1260. The maximum atomic E-state index is 13.2. The van der Waals surface area contributed by atoms with Gasteiger partial charge in [0, 0.05) is 37.9 Å². The molecule has 4 heterocycles. The second-order valence-electron chi connectivity index (χ2n) is 8.59. The second kappa shape index (κ2) is 8.36. The second-order valence-corrected chi connectivity index (χ2v) is 8.59. The number of aryl methyl sites for hydroxylation is 2. The van der Waals surface area contributed by atoms with Crippen LogP contribution in [0.4, 0.5) is 5.82 Å². The van der Waals surface area contributed by atoms with Gasteiger partial charge in [0.2, 0.25) is 5.91 Å². The molecule has 1 fully saturated rings. The predicted molar refractivity (Wildman–Crippen MR) is 124 cm³/mol. The number of rotatable bonds is 4. The first kappa shape index (κ1) is 21.7. The molecule has 0 spiro atoms. The van der Waals surface area contributed by atoms with Crippen molar-refractivity contribution in [1.82, 2.24) is 29.5 Å². The Morgan fingerprint density at radius 1 is 0.912 bits per heavy atom. The summed E-state index contributed by atoms with van der Waals surface area (Å²) in [5, 5.41) is 4.48. The van der Waals surface area contributed by atoms with E-state index >= 15 is 0 Å². The fourth-order valence-corrected chi connectivity index (χ4v) is 4.58. The Morgan fingerprint density at radius 2 is 1.53 bits per heavy atom. The van der Waals surface area contributed by atoms with E-state index in [1.54, 1.807) is 40.8 Å². The van der Waals surface area contributed by atoms with Gasteiger partial charge in [0.1, 0.15) is 18.2 Å². The molecule has 0 aliphatic carbocycles. The maximum Gasteiger partial charge on any atom is 0.262 e. The molecular weight excluding hydrogens is 434 g/mol. The first-order valence-corrected chi connectivity index (χ1v) is 11.2. The van der Waals surface area contributed by atoms with Crippen LogP contribution >= 0.6 is 0 Å². The molecule has 10 heteroatoms. The maximum absolute atomic E-state index is 13.2. The van der Waals surface area contributed by atoms with Crippen LogP contribution in [-0.2, 0) is 4.79 Å². The van der Waals surface area contributed by atoms with Crippen LogP contribution in [0.3, 0.4) is 0 Å². The quantitative estimate of drug-likeness (QED) is 0.546. The summed E-state index contributed by atoms with van der Waals surface area (Å²) in [4.78, 5) is 52.3. The van der Waals surface area contributed by atoms with Crippen LogP contribution in [0.5, 0.6) is 0 Å². The third kappa shape index (κ3) is 3.60. The highest BCUT2D eigenvalue weighted by Gasteiger charge is 2.42. The molecular formula is C24H25N7O3. The molecule has 2 aliphatic heterocycles. The summed E-state index contributed by atoms with van der Waals surface area (Å²) in [6, 6.07) is 9.68. The van der Waals surface area contributed by atoms with Gasteiger partial charge in [0.15, 0.2) is 5.82 Å². The number of hydrogen-bond acceptors (Lipinski definition) is 7. The molecule has 0 radical (unpaired) electrons. The molecule has 3 aromatic rings. The van der Waals surface area contributed by atoms with Crippen molar-refractivity contribution in [1.29, 1.82) is 0 Å². The van der Waals surface area contributed by atoms with Crippen LogP contribution in [0, 0.1) is 13.8 Å². The van der Waals surface area contributed by atoms with Crippen molar-refractivity contribution in [2.45, 2.75) is 26.8 Å². The minimum absolute atomic E-state index is 0.236. The minimum atomic E-state index is -0.865. The summed E-state index contributed by atoms with van der Waals surface area (Å²) >= 11 is 0. The molecule has 10 nitrogen and oxygen atoms in total. The van der Waals surface area contributed by atoms with Crippen LogP contribution in [0.2, 0.25) is 0 Å². The van der Waals surface area contributed by atoms with Gasteiger partial charge in [0.25, 0.3) is 11.8 Å². The number of imide groups is 1. The van der Waals surface area contributed by atoms with Crippen molar-refractivity contribution in [2.24, 2.45) is 0 Å². The first-order chi connectivity index (χ1) is 16.3. The Morgan fingerprint density at radius 3 is 2.12 bits per heavy atom. The number of carbonyl (C=O) groups is 3. The smallest absolute Gasteiger partial charge is 0.262 e. The van der Waals surface area contributed by atoms with Gasteiger partial charge in [-0.15, -0.1) is 0 Å². The van der Waals surface area contributed by atoms with Gasteiger partial charge < -0.3 is 9.80 Å². The number of fused-ring (bicyclic) bond motifs is 1. The van der Waals surface area contributed by atoms with Crippen molar-refractivity contribution in [3.8, 4) is 5.82 Å². The Balaban J connectivity index is 1.26. The van der Waals surface area contributed by atoms with Crippen LogP contribution in [0.15, 0.2) is 42.7 Å². The molecule has 0 N–H and O–H groups in total. The highest BCUT2D eigenvalue weighted by atomic mass is 16.2.